The molecule has 1 aliphatic rings. The minimum atomic E-state index is 0.469. The van der Waals surface area contributed by atoms with Crippen LogP contribution in [0.3, 0.4) is 0 Å². The lowest BCUT2D eigenvalue weighted by Crippen LogP contribution is -2.38. The number of likely N-dealkylation sites (tertiary alicyclic amines) is 1. The summed E-state index contributed by atoms with van der Waals surface area (Å²) in [6.07, 6.45) is 4.80. The van der Waals surface area contributed by atoms with E-state index in [1.54, 1.807) is 12.4 Å². The molecular weight excluding hydrogens is 138 g/mol. The van der Waals surface area contributed by atoms with Gasteiger partial charge in [0.25, 0.3) is 0 Å². The van der Waals surface area contributed by atoms with Crippen molar-refractivity contribution in [2.45, 2.75) is 12.5 Å². The Labute approximate surface area is 66.1 Å². The second kappa shape index (κ2) is 2.58. The van der Waals surface area contributed by atoms with Crippen molar-refractivity contribution in [3.8, 4) is 0 Å². The third-order valence-corrected chi connectivity index (χ3v) is 2.17. The molecule has 0 aromatic carbocycles. The fourth-order valence-corrected chi connectivity index (χ4v) is 1.33. The summed E-state index contributed by atoms with van der Waals surface area (Å²) in [5.74, 6) is 0.959. The maximum atomic E-state index is 4.20. The van der Waals surface area contributed by atoms with Crippen molar-refractivity contribution < 1.29 is 0 Å². The predicted octanol–water partition coefficient (Wildman–Crippen LogP) is 0.853. The Morgan fingerprint density at radius 2 is 2.18 bits per heavy atom. The fraction of sp³-hybridized carbons (Fsp3) is 0.500. The van der Waals surface area contributed by atoms with E-state index in [9.17, 15) is 0 Å². The maximum Gasteiger partial charge on any atom is 0.145 e. The van der Waals surface area contributed by atoms with Crippen molar-refractivity contribution in [2.75, 3.05) is 13.6 Å². The monoisotopic (exact) mass is 149 g/mol. The summed E-state index contributed by atoms with van der Waals surface area (Å²) < 4.78 is 0. The van der Waals surface area contributed by atoms with Crippen LogP contribution in [0.4, 0.5) is 0 Å². The van der Waals surface area contributed by atoms with Crippen LogP contribution in [-0.4, -0.2) is 28.5 Å². The fourth-order valence-electron chi connectivity index (χ4n) is 1.33. The molecule has 58 valence electrons. The first kappa shape index (κ1) is 6.73. The molecule has 1 aliphatic heterocycles. The van der Waals surface area contributed by atoms with Gasteiger partial charge in [-0.3, -0.25) is 4.90 Å². The van der Waals surface area contributed by atoms with E-state index >= 15 is 0 Å². The molecule has 1 atom stereocenters. The molecule has 1 unspecified atom stereocenters. The summed E-state index contributed by atoms with van der Waals surface area (Å²) in [6, 6.07) is 2.32. The maximum absolute atomic E-state index is 4.20. The predicted molar refractivity (Wildman–Crippen MR) is 42.0 cm³/mol. The zero-order valence-electron chi connectivity index (χ0n) is 6.57. The first-order valence-corrected chi connectivity index (χ1v) is 3.85. The van der Waals surface area contributed by atoms with Crippen molar-refractivity contribution in [3.05, 3.63) is 24.3 Å². The number of rotatable bonds is 1. The van der Waals surface area contributed by atoms with E-state index in [-0.39, 0.29) is 0 Å². The van der Waals surface area contributed by atoms with E-state index in [1.165, 1.54) is 13.0 Å². The van der Waals surface area contributed by atoms with Gasteiger partial charge in [0.15, 0.2) is 0 Å². The lowest BCUT2D eigenvalue weighted by molar-refractivity contribution is 0.120. The molecule has 1 aromatic rings. The highest BCUT2D eigenvalue weighted by atomic mass is 15.2. The summed E-state index contributed by atoms with van der Waals surface area (Å²) in [5.41, 5.74) is 0. The van der Waals surface area contributed by atoms with Crippen LogP contribution in [0.5, 0.6) is 0 Å². The van der Waals surface area contributed by atoms with Crippen molar-refractivity contribution >= 4 is 0 Å². The second-order valence-corrected chi connectivity index (χ2v) is 2.89. The Kier molecular flexibility index (Phi) is 1.58. The number of hydrogen-bond donors (Lipinski definition) is 0. The minimum Gasteiger partial charge on any atom is -0.296 e. The molecule has 0 amide bonds. The zero-order chi connectivity index (χ0) is 7.68. The van der Waals surface area contributed by atoms with Crippen LogP contribution in [0.25, 0.3) is 0 Å². The van der Waals surface area contributed by atoms with Gasteiger partial charge in [-0.25, -0.2) is 9.97 Å². The largest absolute Gasteiger partial charge is 0.296 e. The summed E-state index contributed by atoms with van der Waals surface area (Å²) >= 11 is 0. The highest BCUT2D eigenvalue weighted by Crippen LogP contribution is 2.27. The average molecular weight is 149 g/mol. The number of nitrogens with zero attached hydrogens (tertiary/aromatic N) is 3. The smallest absolute Gasteiger partial charge is 0.145 e. The molecule has 11 heavy (non-hydrogen) atoms. The first-order valence-electron chi connectivity index (χ1n) is 3.85. The van der Waals surface area contributed by atoms with E-state index < -0.39 is 0 Å². The van der Waals surface area contributed by atoms with E-state index in [0.717, 1.165) is 5.82 Å². The van der Waals surface area contributed by atoms with Crippen LogP contribution in [-0.2, 0) is 0 Å². The van der Waals surface area contributed by atoms with Crippen LogP contribution in [0.15, 0.2) is 18.5 Å². The van der Waals surface area contributed by atoms with Gasteiger partial charge in [-0.2, -0.15) is 0 Å². The van der Waals surface area contributed by atoms with E-state index in [4.69, 9.17) is 0 Å². The molecule has 0 radical (unpaired) electrons. The summed E-state index contributed by atoms with van der Waals surface area (Å²) in [7, 11) is 2.10. The summed E-state index contributed by atoms with van der Waals surface area (Å²) in [6.45, 7) is 1.17. The SMILES string of the molecule is CN1CCC1c1ncccn1. The van der Waals surface area contributed by atoms with Crippen LogP contribution >= 0.6 is 0 Å². The van der Waals surface area contributed by atoms with Crippen molar-refractivity contribution in [1.29, 1.82) is 0 Å². The Morgan fingerprint density at radius 1 is 1.45 bits per heavy atom. The van der Waals surface area contributed by atoms with Gasteiger partial charge >= 0.3 is 0 Å². The standard InChI is InChI=1S/C8H11N3/c1-11-6-3-7(11)8-9-4-2-5-10-8/h2,4-5,7H,3,6H2,1H3. The van der Waals surface area contributed by atoms with Gasteiger partial charge in [-0.1, -0.05) is 0 Å². The molecule has 2 rings (SSSR count). The molecule has 0 spiro atoms. The van der Waals surface area contributed by atoms with Gasteiger partial charge in [0.2, 0.25) is 0 Å². The normalized spacial score (nSPS) is 24.6. The Hall–Kier alpha value is -0.960. The average Bonchev–Trinajstić information content (AvgIpc) is 2.04. The van der Waals surface area contributed by atoms with Crippen molar-refractivity contribution in [2.24, 2.45) is 0 Å². The second-order valence-electron chi connectivity index (χ2n) is 2.89. The molecule has 2 heterocycles. The highest BCUT2D eigenvalue weighted by Gasteiger charge is 2.27. The lowest BCUT2D eigenvalue weighted by atomic mass is 10.0. The highest BCUT2D eigenvalue weighted by molar-refractivity contribution is 5.00. The Bertz CT molecular complexity index is 234. The van der Waals surface area contributed by atoms with Gasteiger partial charge in [-0.05, 0) is 19.5 Å². The van der Waals surface area contributed by atoms with E-state index in [2.05, 4.69) is 21.9 Å². The number of hydrogen-bond acceptors (Lipinski definition) is 3. The van der Waals surface area contributed by atoms with E-state index in [1.807, 2.05) is 6.07 Å². The van der Waals surface area contributed by atoms with Crippen LogP contribution in [0.2, 0.25) is 0 Å². The molecule has 3 heteroatoms. The molecule has 0 aliphatic carbocycles. The minimum absolute atomic E-state index is 0.469. The van der Waals surface area contributed by atoms with Gasteiger partial charge in [0.05, 0.1) is 6.04 Å². The van der Waals surface area contributed by atoms with Gasteiger partial charge in [0.1, 0.15) is 5.82 Å². The molecular formula is C8H11N3. The van der Waals surface area contributed by atoms with Crippen LogP contribution in [0, 0.1) is 0 Å². The zero-order valence-corrected chi connectivity index (χ0v) is 6.57. The van der Waals surface area contributed by atoms with Crippen LogP contribution < -0.4 is 0 Å². The topological polar surface area (TPSA) is 29.0 Å². The molecule has 3 nitrogen and oxygen atoms in total. The molecule has 0 bridgehead atoms. The van der Waals surface area contributed by atoms with Crippen molar-refractivity contribution in [3.63, 3.8) is 0 Å². The molecule has 1 saturated heterocycles. The third-order valence-electron chi connectivity index (χ3n) is 2.17. The molecule has 0 N–H and O–H groups in total. The van der Waals surface area contributed by atoms with Gasteiger partial charge in [-0.15, -0.1) is 0 Å². The van der Waals surface area contributed by atoms with Crippen LogP contribution in [0.1, 0.15) is 18.3 Å². The molecule has 1 aromatic heterocycles. The van der Waals surface area contributed by atoms with Crippen molar-refractivity contribution in [1.82, 2.24) is 14.9 Å². The number of aromatic nitrogens is 2. The van der Waals surface area contributed by atoms with Gasteiger partial charge in [0, 0.05) is 18.9 Å². The Morgan fingerprint density at radius 3 is 2.64 bits per heavy atom. The quantitative estimate of drug-likeness (QED) is 0.593. The van der Waals surface area contributed by atoms with E-state index in [0.29, 0.717) is 6.04 Å². The lowest BCUT2D eigenvalue weighted by Gasteiger charge is -2.36. The first-order chi connectivity index (χ1) is 5.38. The van der Waals surface area contributed by atoms with Gasteiger partial charge < -0.3 is 0 Å². The molecule has 1 fully saturated rings. The summed E-state index contributed by atoms with van der Waals surface area (Å²) in [5, 5.41) is 0. The third kappa shape index (κ3) is 1.12. The summed E-state index contributed by atoms with van der Waals surface area (Å²) in [4.78, 5) is 10.7. The molecule has 0 saturated carbocycles. The Balaban J connectivity index is 2.17.